The number of benzene rings is 1. The third-order valence-electron chi connectivity index (χ3n) is 4.76. The van der Waals surface area contributed by atoms with Crippen LogP contribution < -0.4 is 15.5 Å². The molecule has 1 amide bonds. The zero-order valence-corrected chi connectivity index (χ0v) is 15.1. The third kappa shape index (κ3) is 3.56. The molecular weight excluding hydrogens is 344 g/mol. The number of aromatic nitrogens is 3. The Labute approximate surface area is 156 Å². The third-order valence-corrected chi connectivity index (χ3v) is 4.76. The number of aliphatic hydroxyl groups excluding tert-OH is 1. The van der Waals surface area contributed by atoms with Crippen LogP contribution in [-0.2, 0) is 0 Å². The molecule has 0 unspecified atom stereocenters. The van der Waals surface area contributed by atoms with Crippen LogP contribution in [0.5, 0.6) is 0 Å². The van der Waals surface area contributed by atoms with E-state index >= 15 is 0 Å². The van der Waals surface area contributed by atoms with E-state index in [4.69, 9.17) is 0 Å². The minimum atomic E-state index is -0.216. The molecular formula is C19H22N6O2. The van der Waals surface area contributed by atoms with Crippen LogP contribution in [0.1, 0.15) is 23.2 Å². The summed E-state index contributed by atoms with van der Waals surface area (Å²) in [4.78, 5) is 18.4. The second-order valence-electron chi connectivity index (χ2n) is 6.59. The molecule has 3 heterocycles. The van der Waals surface area contributed by atoms with Crippen LogP contribution in [0.3, 0.4) is 0 Å². The maximum atomic E-state index is 11.6. The molecule has 2 aromatic heterocycles. The number of rotatable bonds is 4. The molecule has 0 radical (unpaired) electrons. The summed E-state index contributed by atoms with van der Waals surface area (Å²) in [6.07, 6.45) is 1.30. The van der Waals surface area contributed by atoms with E-state index in [2.05, 4.69) is 25.6 Å². The summed E-state index contributed by atoms with van der Waals surface area (Å²) in [6.45, 7) is 1.59. The molecule has 1 fully saturated rings. The minimum Gasteiger partial charge on any atom is -0.393 e. The molecule has 4 rings (SSSR count). The first-order valence-electron chi connectivity index (χ1n) is 9.02. The van der Waals surface area contributed by atoms with Crippen LogP contribution in [0.2, 0.25) is 0 Å². The molecule has 3 aromatic rings. The minimum absolute atomic E-state index is 0.122. The highest BCUT2D eigenvalue weighted by Crippen LogP contribution is 2.22. The zero-order chi connectivity index (χ0) is 18.8. The number of anilines is 3. The predicted octanol–water partition coefficient (Wildman–Crippen LogP) is 1.79. The number of hydrogen-bond acceptors (Lipinski definition) is 6. The van der Waals surface area contributed by atoms with Gasteiger partial charge in [-0.1, -0.05) is 6.07 Å². The molecule has 0 spiro atoms. The number of nitrogens with one attached hydrogen (secondary N) is 2. The lowest BCUT2D eigenvalue weighted by Gasteiger charge is -2.31. The first-order valence-corrected chi connectivity index (χ1v) is 9.02. The van der Waals surface area contributed by atoms with E-state index in [0.29, 0.717) is 11.5 Å². The first kappa shape index (κ1) is 17.3. The van der Waals surface area contributed by atoms with Gasteiger partial charge in [0, 0.05) is 31.4 Å². The van der Waals surface area contributed by atoms with E-state index < -0.39 is 0 Å². The molecule has 1 aromatic carbocycles. The Hall–Kier alpha value is -3.13. The maximum Gasteiger partial charge on any atom is 0.251 e. The van der Waals surface area contributed by atoms with Crippen molar-refractivity contribution < 1.29 is 9.90 Å². The highest BCUT2D eigenvalue weighted by Gasteiger charge is 2.20. The van der Waals surface area contributed by atoms with Crippen molar-refractivity contribution in [1.29, 1.82) is 0 Å². The van der Waals surface area contributed by atoms with Crippen molar-refractivity contribution in [2.75, 3.05) is 30.4 Å². The van der Waals surface area contributed by atoms with Crippen molar-refractivity contribution >= 4 is 29.0 Å². The summed E-state index contributed by atoms with van der Waals surface area (Å²) in [5, 5.41) is 20.1. The molecule has 8 heteroatoms. The molecule has 3 N–H and O–H groups in total. The standard InChI is InChI=1S/C19H22N6O2/c1-20-18(27)13-5-7-14(8-6-13)21-19-22-16-3-2-4-17(25(16)23-19)24-11-9-15(26)10-12-24/h2-8,15,26H,9-12H2,1H3,(H,20,27)(H,21,23). The summed E-state index contributed by atoms with van der Waals surface area (Å²) < 4.78 is 1.82. The number of amides is 1. The largest absolute Gasteiger partial charge is 0.393 e. The van der Waals surface area contributed by atoms with Crippen LogP contribution >= 0.6 is 0 Å². The van der Waals surface area contributed by atoms with Crippen molar-refractivity contribution in [2.24, 2.45) is 0 Å². The van der Waals surface area contributed by atoms with E-state index in [1.807, 2.05) is 34.8 Å². The number of fused-ring (bicyclic) bond motifs is 1. The fourth-order valence-electron chi connectivity index (χ4n) is 3.26. The average molecular weight is 366 g/mol. The van der Waals surface area contributed by atoms with Gasteiger partial charge in [-0.25, -0.2) is 0 Å². The van der Waals surface area contributed by atoms with Gasteiger partial charge in [0.1, 0.15) is 5.82 Å². The molecule has 0 atom stereocenters. The maximum absolute atomic E-state index is 11.6. The number of aliphatic hydroxyl groups is 1. The molecule has 1 aliphatic rings. The molecule has 0 saturated carbocycles. The van der Waals surface area contributed by atoms with Gasteiger partial charge in [-0.2, -0.15) is 9.50 Å². The van der Waals surface area contributed by atoms with E-state index in [1.54, 1.807) is 19.2 Å². The lowest BCUT2D eigenvalue weighted by Crippen LogP contribution is -2.36. The summed E-state index contributed by atoms with van der Waals surface area (Å²) in [5.41, 5.74) is 2.16. The number of pyridine rings is 1. The number of carbonyl (C=O) groups is 1. The molecule has 0 aliphatic carbocycles. The fourth-order valence-corrected chi connectivity index (χ4v) is 3.26. The summed E-state index contributed by atoms with van der Waals surface area (Å²) >= 11 is 0. The molecule has 8 nitrogen and oxygen atoms in total. The second-order valence-corrected chi connectivity index (χ2v) is 6.59. The quantitative estimate of drug-likeness (QED) is 0.652. The summed E-state index contributed by atoms with van der Waals surface area (Å²) in [5.74, 6) is 1.34. The van der Waals surface area contributed by atoms with Crippen LogP contribution in [0.15, 0.2) is 42.5 Å². The Morgan fingerprint density at radius 1 is 1.15 bits per heavy atom. The van der Waals surface area contributed by atoms with E-state index in [-0.39, 0.29) is 12.0 Å². The van der Waals surface area contributed by atoms with Crippen LogP contribution in [0.25, 0.3) is 5.65 Å². The van der Waals surface area contributed by atoms with Crippen LogP contribution in [-0.4, -0.2) is 51.9 Å². The monoisotopic (exact) mass is 366 g/mol. The fraction of sp³-hybridized carbons (Fsp3) is 0.316. The highest BCUT2D eigenvalue weighted by atomic mass is 16.3. The SMILES string of the molecule is CNC(=O)c1ccc(Nc2nc3cccc(N4CCC(O)CC4)n3n2)cc1. The van der Waals surface area contributed by atoms with Gasteiger partial charge in [0.15, 0.2) is 5.65 Å². The van der Waals surface area contributed by atoms with Gasteiger partial charge in [-0.05, 0) is 49.2 Å². The van der Waals surface area contributed by atoms with Gasteiger partial charge in [-0.15, -0.1) is 5.10 Å². The van der Waals surface area contributed by atoms with Gasteiger partial charge >= 0.3 is 0 Å². The van der Waals surface area contributed by atoms with Crippen molar-refractivity contribution in [1.82, 2.24) is 19.9 Å². The van der Waals surface area contributed by atoms with Gasteiger partial charge in [0.2, 0.25) is 5.95 Å². The van der Waals surface area contributed by atoms with Crippen molar-refractivity contribution in [3.8, 4) is 0 Å². The van der Waals surface area contributed by atoms with Gasteiger partial charge in [0.05, 0.1) is 6.10 Å². The van der Waals surface area contributed by atoms with E-state index in [1.165, 1.54) is 0 Å². The highest BCUT2D eigenvalue weighted by molar-refractivity contribution is 5.94. The molecule has 1 saturated heterocycles. The lowest BCUT2D eigenvalue weighted by molar-refractivity contribution is 0.0963. The van der Waals surface area contributed by atoms with Crippen molar-refractivity contribution in [3.05, 3.63) is 48.0 Å². The Morgan fingerprint density at radius 2 is 1.89 bits per heavy atom. The summed E-state index contributed by atoms with van der Waals surface area (Å²) in [6, 6.07) is 13.0. The Kier molecular flexibility index (Phi) is 4.64. The Morgan fingerprint density at radius 3 is 2.59 bits per heavy atom. The smallest absolute Gasteiger partial charge is 0.251 e. The Balaban J connectivity index is 1.57. The molecule has 140 valence electrons. The molecule has 1 aliphatic heterocycles. The number of nitrogens with zero attached hydrogens (tertiary/aromatic N) is 4. The van der Waals surface area contributed by atoms with Gasteiger partial charge in [0.25, 0.3) is 5.91 Å². The van der Waals surface area contributed by atoms with E-state index in [0.717, 1.165) is 43.1 Å². The van der Waals surface area contributed by atoms with Crippen LogP contribution in [0, 0.1) is 0 Å². The van der Waals surface area contributed by atoms with Crippen molar-refractivity contribution in [2.45, 2.75) is 18.9 Å². The van der Waals surface area contributed by atoms with Crippen molar-refractivity contribution in [3.63, 3.8) is 0 Å². The second kappa shape index (κ2) is 7.24. The Bertz CT molecular complexity index is 944. The topological polar surface area (TPSA) is 94.8 Å². The normalized spacial score (nSPS) is 15.1. The number of piperidine rings is 1. The van der Waals surface area contributed by atoms with E-state index in [9.17, 15) is 9.90 Å². The predicted molar refractivity (Wildman–Crippen MR) is 104 cm³/mol. The first-order chi connectivity index (χ1) is 13.1. The number of hydrogen-bond donors (Lipinski definition) is 3. The summed E-state index contributed by atoms with van der Waals surface area (Å²) in [7, 11) is 1.61. The zero-order valence-electron chi connectivity index (χ0n) is 15.1. The van der Waals surface area contributed by atoms with Crippen LogP contribution in [0.4, 0.5) is 17.5 Å². The lowest BCUT2D eigenvalue weighted by atomic mass is 10.1. The average Bonchev–Trinajstić information content (AvgIpc) is 3.11. The van der Waals surface area contributed by atoms with Gasteiger partial charge in [-0.3, -0.25) is 4.79 Å². The molecule has 0 bridgehead atoms. The molecule has 27 heavy (non-hydrogen) atoms. The number of carbonyl (C=O) groups excluding carboxylic acids is 1. The van der Waals surface area contributed by atoms with Gasteiger partial charge < -0.3 is 20.6 Å².